The fourth-order valence-electron chi connectivity index (χ4n) is 4.09. The van der Waals surface area contributed by atoms with Crippen LogP contribution in [0.2, 0.25) is 10.0 Å². The number of alkyl halides is 3. The van der Waals surface area contributed by atoms with Gasteiger partial charge in [0.1, 0.15) is 0 Å². The fraction of sp³-hybridized carbons (Fsp3) is 0.296. The highest BCUT2D eigenvalue weighted by molar-refractivity contribution is 6.33. The van der Waals surface area contributed by atoms with Crippen molar-refractivity contribution >= 4 is 29.1 Å². The molecule has 0 N–H and O–H groups in total. The standard InChI is InChI=1S/C27H25Cl2F3N2O2/c28-22-11-7-20(8-12-22)25(36-18-19-5-9-21(10-6-19)27(30,31)32)17-33-13-15-34(16-14-33)26(35)23-3-1-2-4-24(23)29/h1-12,25H,13-18H2/t25-/m0/s1. The summed E-state index contributed by atoms with van der Waals surface area (Å²) in [5.74, 6) is -0.0898. The first kappa shape index (κ1) is 26.5. The van der Waals surface area contributed by atoms with Crippen LogP contribution in [0.15, 0.2) is 72.8 Å². The maximum absolute atomic E-state index is 12.9. The molecule has 0 radical (unpaired) electrons. The van der Waals surface area contributed by atoms with Gasteiger partial charge in [-0.25, -0.2) is 0 Å². The van der Waals surface area contributed by atoms with Gasteiger partial charge in [-0.15, -0.1) is 0 Å². The van der Waals surface area contributed by atoms with Gasteiger partial charge in [0, 0.05) is 37.7 Å². The Hall–Kier alpha value is -2.58. The molecule has 1 aliphatic heterocycles. The van der Waals surface area contributed by atoms with Crippen LogP contribution in [0.3, 0.4) is 0 Å². The molecule has 9 heteroatoms. The molecule has 3 aromatic carbocycles. The van der Waals surface area contributed by atoms with E-state index in [0.717, 1.165) is 17.7 Å². The molecule has 1 fully saturated rings. The van der Waals surface area contributed by atoms with Gasteiger partial charge in [-0.05, 0) is 47.5 Å². The van der Waals surface area contributed by atoms with E-state index in [9.17, 15) is 18.0 Å². The van der Waals surface area contributed by atoms with Gasteiger partial charge in [-0.2, -0.15) is 13.2 Å². The van der Waals surface area contributed by atoms with Crippen molar-refractivity contribution in [2.75, 3.05) is 32.7 Å². The lowest BCUT2D eigenvalue weighted by atomic mass is 10.1. The number of ether oxygens (including phenoxy) is 1. The van der Waals surface area contributed by atoms with E-state index in [1.807, 2.05) is 12.1 Å². The Morgan fingerprint density at radius 3 is 2.14 bits per heavy atom. The highest BCUT2D eigenvalue weighted by Crippen LogP contribution is 2.30. The van der Waals surface area contributed by atoms with Crippen LogP contribution in [0, 0.1) is 0 Å². The summed E-state index contributed by atoms with van der Waals surface area (Å²) in [7, 11) is 0. The Labute approximate surface area is 218 Å². The van der Waals surface area contributed by atoms with Crippen LogP contribution in [0.4, 0.5) is 13.2 Å². The zero-order valence-corrected chi connectivity index (χ0v) is 20.9. The minimum atomic E-state index is -4.37. The van der Waals surface area contributed by atoms with Crippen molar-refractivity contribution in [3.05, 3.63) is 105 Å². The van der Waals surface area contributed by atoms with E-state index in [1.165, 1.54) is 12.1 Å². The molecule has 1 saturated heterocycles. The van der Waals surface area contributed by atoms with E-state index in [-0.39, 0.29) is 18.6 Å². The minimum Gasteiger partial charge on any atom is -0.368 e. The molecule has 0 unspecified atom stereocenters. The molecule has 1 atom stereocenters. The van der Waals surface area contributed by atoms with Crippen molar-refractivity contribution in [3.8, 4) is 0 Å². The first-order chi connectivity index (χ1) is 17.2. The monoisotopic (exact) mass is 536 g/mol. The highest BCUT2D eigenvalue weighted by atomic mass is 35.5. The van der Waals surface area contributed by atoms with Crippen molar-refractivity contribution < 1.29 is 22.7 Å². The summed E-state index contributed by atoms with van der Waals surface area (Å²) in [5.41, 5.74) is 1.37. The molecule has 36 heavy (non-hydrogen) atoms. The number of benzene rings is 3. The highest BCUT2D eigenvalue weighted by Gasteiger charge is 2.30. The second kappa shape index (κ2) is 11.6. The molecular formula is C27H25Cl2F3N2O2. The lowest BCUT2D eigenvalue weighted by Crippen LogP contribution is -2.49. The van der Waals surface area contributed by atoms with Gasteiger partial charge in [-0.1, -0.05) is 59.6 Å². The molecule has 0 spiro atoms. The number of hydrogen-bond acceptors (Lipinski definition) is 3. The van der Waals surface area contributed by atoms with E-state index in [0.29, 0.717) is 53.9 Å². The van der Waals surface area contributed by atoms with E-state index in [4.69, 9.17) is 27.9 Å². The zero-order valence-electron chi connectivity index (χ0n) is 19.3. The van der Waals surface area contributed by atoms with Crippen molar-refractivity contribution in [1.82, 2.24) is 9.80 Å². The van der Waals surface area contributed by atoms with Gasteiger partial charge in [0.15, 0.2) is 0 Å². The number of halogens is 5. The number of carbonyl (C=O) groups is 1. The van der Waals surface area contributed by atoms with Crippen LogP contribution < -0.4 is 0 Å². The number of piperazine rings is 1. The smallest absolute Gasteiger partial charge is 0.368 e. The molecule has 3 aromatic rings. The quantitative estimate of drug-likeness (QED) is 0.335. The minimum absolute atomic E-state index is 0.0898. The van der Waals surface area contributed by atoms with E-state index in [2.05, 4.69) is 4.90 Å². The Bertz CT molecular complexity index is 1160. The molecule has 190 valence electrons. The predicted molar refractivity (Wildman–Crippen MR) is 134 cm³/mol. The third kappa shape index (κ3) is 6.79. The SMILES string of the molecule is O=C(c1ccccc1Cl)N1CCN(C[C@H](OCc2ccc(C(F)(F)F)cc2)c2ccc(Cl)cc2)CC1. The summed E-state index contributed by atoms with van der Waals surface area (Å²) >= 11 is 12.2. The van der Waals surface area contributed by atoms with Crippen LogP contribution in [0.25, 0.3) is 0 Å². The molecular weight excluding hydrogens is 512 g/mol. The zero-order chi connectivity index (χ0) is 25.7. The van der Waals surface area contributed by atoms with E-state index in [1.54, 1.807) is 41.3 Å². The summed E-state index contributed by atoms with van der Waals surface area (Å²) in [5, 5.41) is 1.04. The third-order valence-corrected chi connectivity index (χ3v) is 6.74. The Morgan fingerprint density at radius 2 is 1.53 bits per heavy atom. The van der Waals surface area contributed by atoms with E-state index < -0.39 is 11.7 Å². The molecule has 1 heterocycles. The molecule has 1 aliphatic rings. The molecule has 4 rings (SSSR count). The van der Waals surface area contributed by atoms with Gasteiger partial charge in [0.2, 0.25) is 0 Å². The molecule has 0 aromatic heterocycles. The number of nitrogens with zero attached hydrogens (tertiary/aromatic N) is 2. The van der Waals surface area contributed by atoms with Gasteiger partial charge < -0.3 is 9.64 Å². The summed E-state index contributed by atoms with van der Waals surface area (Å²) in [4.78, 5) is 16.9. The largest absolute Gasteiger partial charge is 0.416 e. The Morgan fingerprint density at radius 1 is 0.889 bits per heavy atom. The van der Waals surface area contributed by atoms with Crippen LogP contribution >= 0.6 is 23.2 Å². The Kier molecular flexibility index (Phi) is 8.57. The van der Waals surface area contributed by atoms with Crippen LogP contribution in [0.1, 0.15) is 33.2 Å². The topological polar surface area (TPSA) is 32.8 Å². The van der Waals surface area contributed by atoms with Crippen molar-refractivity contribution in [3.63, 3.8) is 0 Å². The summed E-state index contributed by atoms with van der Waals surface area (Å²) < 4.78 is 44.8. The van der Waals surface area contributed by atoms with Crippen LogP contribution in [-0.2, 0) is 17.5 Å². The number of rotatable bonds is 7. The second-order valence-corrected chi connectivity index (χ2v) is 9.46. The molecule has 1 amide bonds. The first-order valence-electron chi connectivity index (χ1n) is 11.5. The summed E-state index contributed by atoms with van der Waals surface area (Å²) in [6, 6.07) is 19.3. The maximum Gasteiger partial charge on any atom is 0.416 e. The number of carbonyl (C=O) groups excluding carboxylic acids is 1. The Balaban J connectivity index is 1.39. The molecule has 0 saturated carbocycles. The van der Waals surface area contributed by atoms with E-state index >= 15 is 0 Å². The maximum atomic E-state index is 12.9. The van der Waals surface area contributed by atoms with Gasteiger partial charge in [-0.3, -0.25) is 9.69 Å². The van der Waals surface area contributed by atoms with Crippen LogP contribution in [-0.4, -0.2) is 48.4 Å². The van der Waals surface area contributed by atoms with Gasteiger partial charge >= 0.3 is 6.18 Å². The van der Waals surface area contributed by atoms with Crippen LogP contribution in [0.5, 0.6) is 0 Å². The molecule has 4 nitrogen and oxygen atoms in total. The summed E-state index contributed by atoms with van der Waals surface area (Å²) in [6.07, 6.45) is -4.70. The van der Waals surface area contributed by atoms with Gasteiger partial charge in [0.05, 0.1) is 28.9 Å². The number of hydrogen-bond donors (Lipinski definition) is 0. The fourth-order valence-corrected chi connectivity index (χ4v) is 4.43. The second-order valence-electron chi connectivity index (χ2n) is 8.62. The number of amides is 1. The summed E-state index contributed by atoms with van der Waals surface area (Å²) in [6.45, 7) is 3.15. The van der Waals surface area contributed by atoms with Crippen molar-refractivity contribution in [2.24, 2.45) is 0 Å². The average molecular weight is 537 g/mol. The lowest BCUT2D eigenvalue weighted by Gasteiger charge is -2.36. The first-order valence-corrected chi connectivity index (χ1v) is 12.3. The predicted octanol–water partition coefficient (Wildman–Crippen LogP) is 6.73. The lowest BCUT2D eigenvalue weighted by molar-refractivity contribution is -0.137. The normalized spacial score (nSPS) is 15.6. The van der Waals surface area contributed by atoms with Crippen molar-refractivity contribution in [1.29, 1.82) is 0 Å². The third-order valence-electron chi connectivity index (χ3n) is 6.16. The average Bonchev–Trinajstić information content (AvgIpc) is 2.87. The molecule has 0 aliphatic carbocycles. The molecule has 0 bridgehead atoms. The van der Waals surface area contributed by atoms with Gasteiger partial charge in [0.25, 0.3) is 5.91 Å². The van der Waals surface area contributed by atoms with Crippen molar-refractivity contribution in [2.45, 2.75) is 18.9 Å².